The monoisotopic (exact) mass is 1610 g/mol. The Morgan fingerprint density at radius 2 is 0.442 bits per heavy atom. The minimum atomic E-state index is 0.581. The first-order valence-corrected chi connectivity index (χ1v) is 53.4. The highest BCUT2D eigenvalue weighted by Crippen LogP contribution is 2.66. The fraction of sp³-hybridized carbons (Fsp3) is 0.700. The topological polar surface area (TPSA) is 0 Å². The number of hydrogen-bond donors (Lipinski definition) is 0. The van der Waals surface area contributed by atoms with E-state index >= 15 is 0 Å². The number of benzene rings is 6. The molecule has 22 aliphatic carbocycles. The number of fused-ring (bicyclic) bond motifs is 8. The lowest BCUT2D eigenvalue weighted by Gasteiger charge is -2.56. The first-order chi connectivity index (χ1) is 58.8. The molecule has 22 aliphatic rings. The van der Waals surface area contributed by atoms with Gasteiger partial charge in [0.05, 0.1) is 0 Å². The molecule has 0 N–H and O–H groups in total. The third-order valence-electron chi connectivity index (χ3n) is 41.3. The van der Waals surface area contributed by atoms with E-state index in [2.05, 4.69) is 151 Å². The summed E-state index contributed by atoms with van der Waals surface area (Å²) in [5.41, 5.74) is 31.8. The van der Waals surface area contributed by atoms with Gasteiger partial charge in [-0.3, -0.25) is 0 Å². The van der Waals surface area contributed by atoms with Gasteiger partial charge >= 0.3 is 0 Å². The lowest BCUT2D eigenvalue weighted by Crippen LogP contribution is -2.45. The van der Waals surface area contributed by atoms with E-state index < -0.39 is 0 Å². The second-order valence-electron chi connectivity index (χ2n) is 47.5. The maximum absolute atomic E-state index is 2.56. The van der Waals surface area contributed by atoms with Crippen LogP contribution in [0, 0.1) is 124 Å². The second-order valence-corrected chi connectivity index (χ2v) is 47.5. The summed E-state index contributed by atoms with van der Waals surface area (Å²) in [7, 11) is 0. The standard InChI is InChI=1S/C27H36.2C21H28.C19H28.C17H24.C15H20/c1-15-24(26-20-7-16-5-17(9-20)10-21(26)8-16)3-2-4-25(15)27-22-11-18-6-19(13-22)14-23(27)12-18;1-15-18(20-9-5-16(13-20)6-10-20)3-2-4-19(15)21-11-7-17(14-21)8-12-21;1-13-18(20-11-14-5-7-16(20)9-14)3-2-4-19(13)21-12-15-6-8-17(21)10-15;1-15-18(16-9-4-2-5-10-16)13-8-14-19(15)17-11-6-3-7-12-17;1-13-16(14-7-2-3-8-14)11-6-12-17(13)15-9-4-5-10-15;1-11-14(12-5-2-6-12)9-4-10-15(11)13-7-3-8-13/h2-4,16-23,26-27H,5-14H2,1H3;2-4,16-17H,5-14H2,1H3;2-4,14-17,20-21H,5-12H2,1H3;8,13-14,16-17H,2-7,9-12H2,1H3;6,11-12,14-15H,2-5,7-10H2,1H3;4,9-10,12-13H,2-3,5-8H2,1H3. The van der Waals surface area contributed by atoms with Crippen LogP contribution in [0.2, 0.25) is 0 Å². The van der Waals surface area contributed by atoms with E-state index in [1.54, 1.807) is 164 Å². The quantitative estimate of drug-likeness (QED) is 0.115. The van der Waals surface area contributed by atoms with E-state index in [1.165, 1.54) is 270 Å². The normalized spacial score (nSPS) is 36.5. The SMILES string of the molecule is Cc1c(C23CCC(CC2)C3)cccc1C12CCC(CC1)C2.Cc1c(C2C3CC4CC(C3)CC2C4)cccc1C1C2CC3CC(C2)CC1C3.Cc1c(C2CC3CCC2C3)cccc1C1CC2CCC1C2.Cc1c(C2CCC2)cccc1C1CCC1.Cc1c(C2CCCC2)cccc1C1CCCC1.Cc1c(C2CCCCC2)cccc1C1CCCCC1. The molecule has 644 valence electrons. The van der Waals surface area contributed by atoms with Crippen LogP contribution in [0.3, 0.4) is 0 Å². The van der Waals surface area contributed by atoms with E-state index in [0.29, 0.717) is 10.8 Å². The second kappa shape index (κ2) is 35.5. The molecule has 6 unspecified atom stereocenters. The predicted molar refractivity (Wildman–Crippen MR) is 507 cm³/mol. The van der Waals surface area contributed by atoms with Crippen LogP contribution in [0.4, 0.5) is 0 Å². The Hall–Kier alpha value is -4.68. The van der Waals surface area contributed by atoms with Gasteiger partial charge in [-0.25, -0.2) is 0 Å². The van der Waals surface area contributed by atoms with Crippen molar-refractivity contribution in [3.05, 3.63) is 209 Å². The highest BCUT2D eigenvalue weighted by molar-refractivity contribution is 5.48. The van der Waals surface area contributed by atoms with E-state index in [1.807, 2.05) is 0 Å². The zero-order chi connectivity index (χ0) is 80.7. The molecular formula is C120H164. The molecule has 120 heavy (non-hydrogen) atoms. The molecule has 16 bridgehead atoms. The van der Waals surface area contributed by atoms with Crippen LogP contribution >= 0.6 is 0 Å². The van der Waals surface area contributed by atoms with Crippen LogP contribution in [-0.2, 0) is 10.8 Å². The average molecular weight is 1610 g/mol. The Bertz CT molecular complexity index is 4160. The van der Waals surface area contributed by atoms with E-state index in [4.69, 9.17) is 0 Å². The van der Waals surface area contributed by atoms with Gasteiger partial charge < -0.3 is 0 Å². The smallest absolute Gasteiger partial charge is 0.00414 e. The minimum Gasteiger partial charge on any atom is -0.0617 e. The molecule has 0 heterocycles. The Morgan fingerprint density at radius 1 is 0.192 bits per heavy atom. The molecule has 6 aromatic rings. The van der Waals surface area contributed by atoms with Crippen molar-refractivity contribution >= 4 is 0 Å². The van der Waals surface area contributed by atoms with Gasteiger partial charge in [0.1, 0.15) is 0 Å². The summed E-state index contributed by atoms with van der Waals surface area (Å²) in [6.45, 7) is 14.6. The predicted octanol–water partition coefficient (Wildman–Crippen LogP) is 34.5. The Labute approximate surface area is 732 Å². The van der Waals surface area contributed by atoms with Crippen LogP contribution < -0.4 is 0 Å². The summed E-state index contributed by atoms with van der Waals surface area (Å²) in [5, 5.41) is 0. The highest BCUT2D eigenvalue weighted by Gasteiger charge is 2.54. The molecule has 6 atom stereocenters. The van der Waals surface area contributed by atoms with Crippen molar-refractivity contribution in [2.75, 3.05) is 0 Å². The summed E-state index contributed by atoms with van der Waals surface area (Å²) in [5.74, 6) is 23.6. The zero-order valence-corrected chi connectivity index (χ0v) is 77.0. The van der Waals surface area contributed by atoms with Crippen LogP contribution in [0.25, 0.3) is 0 Å². The number of hydrogen-bond acceptors (Lipinski definition) is 0. The number of rotatable bonds is 12. The van der Waals surface area contributed by atoms with Crippen LogP contribution in [0.1, 0.15) is 493 Å². The van der Waals surface area contributed by atoms with Crippen molar-refractivity contribution < 1.29 is 0 Å². The van der Waals surface area contributed by atoms with Crippen LogP contribution in [-0.4, -0.2) is 0 Å². The van der Waals surface area contributed by atoms with Crippen molar-refractivity contribution in [1.29, 1.82) is 0 Å². The fourth-order valence-electron chi connectivity index (χ4n) is 35.3. The summed E-state index contributed by atoms with van der Waals surface area (Å²) in [6.07, 6.45) is 77.0. The summed E-state index contributed by atoms with van der Waals surface area (Å²) >= 11 is 0. The van der Waals surface area contributed by atoms with Gasteiger partial charge in [0, 0.05) is 0 Å². The largest absolute Gasteiger partial charge is 0.0617 e. The van der Waals surface area contributed by atoms with E-state index in [0.717, 1.165) is 142 Å². The Morgan fingerprint density at radius 3 is 0.700 bits per heavy atom. The van der Waals surface area contributed by atoms with Crippen molar-refractivity contribution in [2.45, 2.75) is 445 Å². The molecular weight excluding hydrogens is 1440 g/mol. The van der Waals surface area contributed by atoms with Crippen molar-refractivity contribution in [3.8, 4) is 0 Å². The molecule has 22 fully saturated rings. The van der Waals surface area contributed by atoms with Gasteiger partial charge in [-0.2, -0.15) is 0 Å². The summed E-state index contributed by atoms with van der Waals surface area (Å²) in [6, 6.07) is 43.6. The molecule has 0 aliphatic heterocycles. The summed E-state index contributed by atoms with van der Waals surface area (Å²) < 4.78 is 0. The average Bonchev–Trinajstić information content (AvgIpc) is 1.38. The van der Waals surface area contributed by atoms with E-state index in [-0.39, 0.29) is 0 Å². The molecule has 0 aromatic heterocycles. The van der Waals surface area contributed by atoms with Crippen LogP contribution in [0.15, 0.2) is 109 Å². The molecule has 0 nitrogen and oxygen atoms in total. The molecule has 0 heteroatoms. The fourth-order valence-corrected chi connectivity index (χ4v) is 35.3. The minimum absolute atomic E-state index is 0.581. The molecule has 0 spiro atoms. The maximum Gasteiger partial charge on any atom is -0.00414 e. The Balaban J connectivity index is 0.0000000900. The first-order valence-electron chi connectivity index (χ1n) is 53.4. The Kier molecular flexibility index (Phi) is 24.4. The van der Waals surface area contributed by atoms with Gasteiger partial charge in [0.2, 0.25) is 0 Å². The lowest BCUT2D eigenvalue weighted by molar-refractivity contribution is -0.00538. The highest BCUT2D eigenvalue weighted by atomic mass is 14.6. The molecule has 0 saturated heterocycles. The van der Waals surface area contributed by atoms with Gasteiger partial charge in [0.15, 0.2) is 0 Å². The third kappa shape index (κ3) is 16.2. The van der Waals surface area contributed by atoms with Crippen molar-refractivity contribution in [3.63, 3.8) is 0 Å². The molecule has 0 radical (unpaired) electrons. The molecule has 22 saturated carbocycles. The van der Waals surface area contributed by atoms with Gasteiger partial charge in [-0.15, -0.1) is 0 Å². The third-order valence-corrected chi connectivity index (χ3v) is 41.3. The van der Waals surface area contributed by atoms with Crippen LogP contribution in [0.5, 0.6) is 0 Å². The molecule has 6 aromatic carbocycles. The van der Waals surface area contributed by atoms with Crippen molar-refractivity contribution in [2.24, 2.45) is 82.9 Å². The maximum atomic E-state index is 2.56. The van der Waals surface area contributed by atoms with E-state index in [9.17, 15) is 0 Å². The van der Waals surface area contributed by atoms with Gasteiger partial charge in [-0.05, 0) is 539 Å². The summed E-state index contributed by atoms with van der Waals surface area (Å²) in [4.78, 5) is 0. The molecule has 28 rings (SSSR count). The lowest BCUT2D eigenvalue weighted by atomic mass is 9.49. The zero-order valence-electron chi connectivity index (χ0n) is 77.0. The van der Waals surface area contributed by atoms with Gasteiger partial charge in [-0.1, -0.05) is 199 Å². The van der Waals surface area contributed by atoms with Crippen molar-refractivity contribution in [1.82, 2.24) is 0 Å². The first kappa shape index (κ1) is 82.3. The van der Waals surface area contributed by atoms with Gasteiger partial charge in [0.25, 0.3) is 0 Å². The molecule has 0 amide bonds.